The molecule has 162 valence electrons. The molecule has 0 unspecified atom stereocenters. The number of amides is 3. The van der Waals surface area contributed by atoms with Crippen LogP contribution in [0.5, 0.6) is 11.5 Å². The molecule has 9 nitrogen and oxygen atoms in total. The predicted octanol–water partition coefficient (Wildman–Crippen LogP) is 3.47. The summed E-state index contributed by atoms with van der Waals surface area (Å²) in [7, 11) is 0. The van der Waals surface area contributed by atoms with Crippen LogP contribution in [0, 0.1) is 0 Å². The van der Waals surface area contributed by atoms with E-state index in [9.17, 15) is 9.59 Å². The van der Waals surface area contributed by atoms with Gasteiger partial charge in [-0.1, -0.05) is 29.2 Å². The first-order valence-corrected chi connectivity index (χ1v) is 12.1. The molecule has 3 amide bonds. The first kappa shape index (κ1) is 21.4. The molecule has 0 saturated carbocycles. The zero-order chi connectivity index (χ0) is 21.5. The van der Waals surface area contributed by atoms with Gasteiger partial charge in [-0.3, -0.25) is 10.1 Å². The molecular weight excluding hydrogens is 458 g/mol. The van der Waals surface area contributed by atoms with Crippen molar-refractivity contribution in [3.8, 4) is 11.5 Å². The van der Waals surface area contributed by atoms with Crippen LogP contribution in [0.2, 0.25) is 0 Å². The summed E-state index contributed by atoms with van der Waals surface area (Å²) in [6.07, 6.45) is 0.917. The molecule has 3 aromatic rings. The third-order valence-corrected chi connectivity index (χ3v) is 6.96. The highest BCUT2D eigenvalue weighted by atomic mass is 32.2. The van der Waals surface area contributed by atoms with E-state index in [4.69, 9.17) is 9.47 Å². The molecule has 1 aliphatic heterocycles. The molecule has 0 bridgehead atoms. The maximum absolute atomic E-state index is 12.1. The van der Waals surface area contributed by atoms with Crippen molar-refractivity contribution in [1.29, 1.82) is 0 Å². The number of anilines is 2. The van der Waals surface area contributed by atoms with E-state index in [2.05, 4.69) is 37.6 Å². The first-order valence-electron chi connectivity index (χ1n) is 9.39. The van der Waals surface area contributed by atoms with E-state index in [0.29, 0.717) is 39.9 Å². The topological polar surface area (TPSA) is 114 Å². The molecule has 1 aromatic carbocycles. The molecule has 0 aliphatic carbocycles. The largest absolute Gasteiger partial charge is 0.486 e. The van der Waals surface area contributed by atoms with E-state index in [1.807, 2.05) is 6.07 Å². The smallest absolute Gasteiger partial charge is 0.325 e. The number of thioether (sulfide) groups is 1. The number of nitrogens with one attached hydrogen (secondary N) is 3. The lowest BCUT2D eigenvalue weighted by Crippen LogP contribution is -2.35. The molecule has 3 N–H and O–H groups in total. The lowest BCUT2D eigenvalue weighted by molar-refractivity contribution is -0.117. The average Bonchev–Trinajstić information content (AvgIpc) is 3.44. The Kier molecular flexibility index (Phi) is 7.22. The van der Waals surface area contributed by atoms with Crippen LogP contribution in [0.25, 0.3) is 0 Å². The Labute approximate surface area is 190 Å². The SMILES string of the molecule is O=C(CSc1nnc(NCCc2cccs2)s1)NC(=O)Nc1ccc2c(c1)OCCO2. The molecule has 1 aliphatic rings. The van der Waals surface area contributed by atoms with Gasteiger partial charge in [0.15, 0.2) is 15.8 Å². The van der Waals surface area contributed by atoms with Gasteiger partial charge < -0.3 is 20.1 Å². The number of carbonyl (C=O) groups excluding carboxylic acids is 2. The Hall–Kier alpha value is -2.83. The molecule has 0 radical (unpaired) electrons. The van der Waals surface area contributed by atoms with Gasteiger partial charge in [0, 0.05) is 23.2 Å². The van der Waals surface area contributed by atoms with Gasteiger partial charge >= 0.3 is 6.03 Å². The summed E-state index contributed by atoms with van der Waals surface area (Å²) in [6, 6.07) is 8.55. The monoisotopic (exact) mass is 477 g/mol. The van der Waals surface area contributed by atoms with Gasteiger partial charge in [-0.15, -0.1) is 21.5 Å². The van der Waals surface area contributed by atoms with Gasteiger partial charge in [-0.25, -0.2) is 4.79 Å². The predicted molar refractivity (Wildman–Crippen MR) is 122 cm³/mol. The van der Waals surface area contributed by atoms with E-state index < -0.39 is 11.9 Å². The van der Waals surface area contributed by atoms with Crippen LogP contribution in [0.3, 0.4) is 0 Å². The molecule has 4 rings (SSSR count). The number of urea groups is 1. The number of rotatable bonds is 8. The average molecular weight is 478 g/mol. The van der Waals surface area contributed by atoms with Crippen LogP contribution in [0.1, 0.15) is 4.88 Å². The molecule has 3 heterocycles. The van der Waals surface area contributed by atoms with E-state index in [0.717, 1.165) is 13.0 Å². The Morgan fingerprint density at radius 3 is 2.84 bits per heavy atom. The fourth-order valence-electron chi connectivity index (χ4n) is 2.66. The standard InChI is InChI=1S/C19H19N5O4S3/c25-16(22-17(26)21-12-3-4-14-15(10-12)28-8-7-27-14)11-30-19-24-23-18(31-19)20-6-5-13-2-1-9-29-13/h1-4,9-10H,5-8,11H2,(H,20,23)(H2,21,22,25,26). The van der Waals surface area contributed by atoms with Crippen molar-refractivity contribution in [3.05, 3.63) is 40.6 Å². The third-order valence-electron chi connectivity index (χ3n) is 4.01. The van der Waals surface area contributed by atoms with Crippen LogP contribution >= 0.6 is 34.4 Å². The van der Waals surface area contributed by atoms with Crippen molar-refractivity contribution in [1.82, 2.24) is 15.5 Å². The van der Waals surface area contributed by atoms with E-state index >= 15 is 0 Å². The number of ether oxygens (including phenoxy) is 2. The third kappa shape index (κ3) is 6.32. The number of thiophene rings is 1. The Balaban J connectivity index is 1.18. The Bertz CT molecular complexity index is 1040. The van der Waals surface area contributed by atoms with Gasteiger partial charge in [-0.05, 0) is 30.0 Å². The van der Waals surface area contributed by atoms with Crippen LogP contribution in [-0.2, 0) is 11.2 Å². The fraction of sp³-hybridized carbons (Fsp3) is 0.263. The number of imide groups is 1. The van der Waals surface area contributed by atoms with Gasteiger partial charge in [-0.2, -0.15) is 0 Å². The minimum atomic E-state index is -0.615. The van der Waals surface area contributed by atoms with Crippen molar-refractivity contribution in [2.45, 2.75) is 10.8 Å². The lowest BCUT2D eigenvalue weighted by atomic mass is 10.2. The summed E-state index contributed by atoms with van der Waals surface area (Å²) in [5.41, 5.74) is 0.504. The maximum atomic E-state index is 12.1. The second kappa shape index (κ2) is 10.5. The highest BCUT2D eigenvalue weighted by molar-refractivity contribution is 8.01. The number of carbonyl (C=O) groups is 2. The van der Waals surface area contributed by atoms with E-state index in [-0.39, 0.29) is 5.75 Å². The summed E-state index contributed by atoms with van der Waals surface area (Å²) in [6.45, 7) is 1.71. The summed E-state index contributed by atoms with van der Waals surface area (Å²) < 4.78 is 11.6. The Morgan fingerprint density at radius 1 is 1.13 bits per heavy atom. The van der Waals surface area contributed by atoms with Gasteiger partial charge in [0.25, 0.3) is 0 Å². The highest BCUT2D eigenvalue weighted by Gasteiger charge is 2.14. The van der Waals surface area contributed by atoms with E-state index in [1.165, 1.54) is 28.0 Å². The normalized spacial score (nSPS) is 12.3. The molecule has 0 saturated heterocycles. The zero-order valence-electron chi connectivity index (χ0n) is 16.3. The number of benzene rings is 1. The summed E-state index contributed by atoms with van der Waals surface area (Å²) >= 11 is 4.32. The van der Waals surface area contributed by atoms with Crippen molar-refractivity contribution in [2.24, 2.45) is 0 Å². The quantitative estimate of drug-likeness (QED) is 0.423. The molecule has 0 atom stereocenters. The van der Waals surface area contributed by atoms with Crippen molar-refractivity contribution in [2.75, 3.05) is 36.1 Å². The molecule has 2 aromatic heterocycles. The van der Waals surface area contributed by atoms with Crippen LogP contribution in [0.15, 0.2) is 40.1 Å². The number of nitrogens with zero attached hydrogens (tertiary/aromatic N) is 2. The van der Waals surface area contributed by atoms with E-state index in [1.54, 1.807) is 29.5 Å². The molecule has 31 heavy (non-hydrogen) atoms. The van der Waals surface area contributed by atoms with Crippen LogP contribution in [0.4, 0.5) is 15.6 Å². The number of hydrogen-bond donors (Lipinski definition) is 3. The van der Waals surface area contributed by atoms with Gasteiger partial charge in [0.2, 0.25) is 11.0 Å². The number of aromatic nitrogens is 2. The number of hydrogen-bond acceptors (Lipinski definition) is 10. The van der Waals surface area contributed by atoms with Crippen molar-refractivity contribution < 1.29 is 19.1 Å². The van der Waals surface area contributed by atoms with Gasteiger partial charge in [0.1, 0.15) is 13.2 Å². The Morgan fingerprint density at radius 2 is 2.00 bits per heavy atom. The maximum Gasteiger partial charge on any atom is 0.325 e. The minimum absolute atomic E-state index is 0.0540. The van der Waals surface area contributed by atoms with Crippen LogP contribution < -0.4 is 25.4 Å². The molecular formula is C19H19N5O4S3. The van der Waals surface area contributed by atoms with Crippen molar-refractivity contribution >= 4 is 57.2 Å². The summed E-state index contributed by atoms with van der Waals surface area (Å²) in [4.78, 5) is 25.4. The minimum Gasteiger partial charge on any atom is -0.486 e. The molecule has 12 heteroatoms. The fourth-order valence-corrected chi connectivity index (χ4v) is 4.95. The second-order valence-corrected chi connectivity index (χ2v) is 9.51. The summed E-state index contributed by atoms with van der Waals surface area (Å²) in [5, 5.41) is 19.0. The number of fused-ring (bicyclic) bond motifs is 1. The molecule has 0 fully saturated rings. The first-order chi connectivity index (χ1) is 15.2. The highest BCUT2D eigenvalue weighted by Crippen LogP contribution is 2.32. The van der Waals surface area contributed by atoms with Gasteiger partial charge in [0.05, 0.1) is 5.75 Å². The van der Waals surface area contributed by atoms with Crippen LogP contribution in [-0.4, -0.2) is 47.6 Å². The zero-order valence-corrected chi connectivity index (χ0v) is 18.7. The summed E-state index contributed by atoms with van der Waals surface area (Å²) in [5.74, 6) is 0.810. The second-order valence-electron chi connectivity index (χ2n) is 6.28. The molecule has 0 spiro atoms. The van der Waals surface area contributed by atoms with Crippen molar-refractivity contribution in [3.63, 3.8) is 0 Å². The lowest BCUT2D eigenvalue weighted by Gasteiger charge is -2.19.